The SMILES string of the molecule is C[C@@H](N)C(=O)N1C[C@@H](CO)C2(CCCCC2)C1. The van der Waals surface area contributed by atoms with E-state index in [1.165, 1.54) is 19.3 Å². The lowest BCUT2D eigenvalue weighted by Gasteiger charge is -2.37. The summed E-state index contributed by atoms with van der Waals surface area (Å²) in [5.74, 6) is 0.288. The van der Waals surface area contributed by atoms with Gasteiger partial charge in [-0.1, -0.05) is 19.3 Å². The second-order valence-corrected chi connectivity index (χ2v) is 5.81. The van der Waals surface area contributed by atoms with E-state index in [-0.39, 0.29) is 23.8 Å². The molecular formula is C13H24N2O2. The third kappa shape index (κ3) is 2.33. The molecular weight excluding hydrogens is 216 g/mol. The third-order valence-corrected chi connectivity index (χ3v) is 4.58. The molecule has 2 atom stereocenters. The number of amides is 1. The van der Waals surface area contributed by atoms with Gasteiger partial charge in [-0.05, 0) is 25.2 Å². The van der Waals surface area contributed by atoms with Crippen LogP contribution in [0.4, 0.5) is 0 Å². The Morgan fingerprint density at radius 3 is 2.65 bits per heavy atom. The maximum atomic E-state index is 12.0. The lowest BCUT2D eigenvalue weighted by atomic mass is 9.68. The van der Waals surface area contributed by atoms with Gasteiger partial charge in [-0.15, -0.1) is 0 Å². The number of likely N-dealkylation sites (tertiary alicyclic amines) is 1. The highest BCUT2D eigenvalue weighted by atomic mass is 16.3. The molecule has 1 aliphatic carbocycles. The third-order valence-electron chi connectivity index (χ3n) is 4.58. The van der Waals surface area contributed by atoms with Crippen LogP contribution in [0.15, 0.2) is 0 Å². The first kappa shape index (κ1) is 12.8. The molecule has 4 nitrogen and oxygen atoms in total. The van der Waals surface area contributed by atoms with Crippen molar-refractivity contribution in [1.29, 1.82) is 0 Å². The van der Waals surface area contributed by atoms with Crippen LogP contribution in [0.5, 0.6) is 0 Å². The number of rotatable bonds is 2. The van der Waals surface area contributed by atoms with E-state index in [4.69, 9.17) is 5.73 Å². The number of hydrogen-bond donors (Lipinski definition) is 2. The molecule has 0 aromatic rings. The zero-order chi connectivity index (χ0) is 12.5. The minimum atomic E-state index is -0.423. The standard InChI is InChI=1S/C13H24N2O2/c1-10(14)12(17)15-7-11(8-16)13(9-15)5-3-2-4-6-13/h10-11,16H,2-9,14H2,1H3/t10-,11+/m1/s1. The first-order valence-corrected chi connectivity index (χ1v) is 6.74. The van der Waals surface area contributed by atoms with Crippen LogP contribution < -0.4 is 5.73 Å². The molecule has 1 aliphatic heterocycles. The minimum absolute atomic E-state index is 0.0332. The lowest BCUT2D eigenvalue weighted by molar-refractivity contribution is -0.131. The highest BCUT2D eigenvalue weighted by Crippen LogP contribution is 2.47. The van der Waals surface area contributed by atoms with E-state index >= 15 is 0 Å². The van der Waals surface area contributed by atoms with Gasteiger partial charge in [0.1, 0.15) is 0 Å². The summed E-state index contributed by atoms with van der Waals surface area (Å²) in [6.07, 6.45) is 6.07. The predicted molar refractivity (Wildman–Crippen MR) is 66.3 cm³/mol. The van der Waals surface area contributed by atoms with Crippen LogP contribution in [0.3, 0.4) is 0 Å². The number of aliphatic hydroxyl groups is 1. The van der Waals surface area contributed by atoms with Gasteiger partial charge in [-0.3, -0.25) is 4.79 Å². The van der Waals surface area contributed by atoms with E-state index in [0.29, 0.717) is 6.54 Å². The Morgan fingerprint density at radius 2 is 2.12 bits per heavy atom. The molecule has 98 valence electrons. The van der Waals surface area contributed by atoms with Gasteiger partial charge in [-0.25, -0.2) is 0 Å². The first-order valence-electron chi connectivity index (χ1n) is 6.74. The molecule has 1 saturated carbocycles. The fraction of sp³-hybridized carbons (Fsp3) is 0.923. The molecule has 1 heterocycles. The van der Waals surface area contributed by atoms with Crippen molar-refractivity contribution >= 4 is 5.91 Å². The van der Waals surface area contributed by atoms with Crippen molar-refractivity contribution < 1.29 is 9.90 Å². The van der Waals surface area contributed by atoms with Crippen LogP contribution in [0.1, 0.15) is 39.0 Å². The Labute approximate surface area is 103 Å². The molecule has 2 fully saturated rings. The summed E-state index contributed by atoms with van der Waals surface area (Å²) in [6.45, 7) is 3.43. The molecule has 1 spiro atoms. The number of nitrogens with two attached hydrogens (primary N) is 1. The van der Waals surface area contributed by atoms with E-state index in [1.54, 1.807) is 6.92 Å². The quantitative estimate of drug-likeness (QED) is 0.748. The van der Waals surface area contributed by atoms with Crippen LogP contribution in [-0.2, 0) is 4.79 Å². The van der Waals surface area contributed by atoms with E-state index in [2.05, 4.69) is 0 Å². The summed E-state index contributed by atoms with van der Waals surface area (Å²) in [5, 5.41) is 9.55. The summed E-state index contributed by atoms with van der Waals surface area (Å²) >= 11 is 0. The van der Waals surface area contributed by atoms with Crippen molar-refractivity contribution in [2.45, 2.75) is 45.1 Å². The molecule has 0 radical (unpaired) electrons. The molecule has 0 aromatic heterocycles. The molecule has 2 aliphatic rings. The summed E-state index contributed by atoms with van der Waals surface area (Å²) in [6, 6.07) is -0.423. The lowest BCUT2D eigenvalue weighted by Crippen LogP contribution is -2.42. The van der Waals surface area contributed by atoms with Crippen molar-refractivity contribution in [3.63, 3.8) is 0 Å². The predicted octanol–water partition coefficient (Wildman–Crippen LogP) is 0.735. The van der Waals surface area contributed by atoms with Gasteiger partial charge in [0.2, 0.25) is 5.91 Å². The topological polar surface area (TPSA) is 66.6 Å². The van der Waals surface area contributed by atoms with Crippen molar-refractivity contribution in [3.8, 4) is 0 Å². The number of aliphatic hydroxyl groups excluding tert-OH is 1. The maximum absolute atomic E-state index is 12.0. The molecule has 0 aromatic carbocycles. The molecule has 3 N–H and O–H groups in total. The van der Waals surface area contributed by atoms with Crippen molar-refractivity contribution in [1.82, 2.24) is 4.90 Å². The average Bonchev–Trinajstić information content (AvgIpc) is 2.67. The van der Waals surface area contributed by atoms with Gasteiger partial charge < -0.3 is 15.7 Å². The smallest absolute Gasteiger partial charge is 0.239 e. The Balaban J connectivity index is 2.10. The van der Waals surface area contributed by atoms with Crippen LogP contribution in [0, 0.1) is 11.3 Å². The van der Waals surface area contributed by atoms with Crippen molar-refractivity contribution in [2.75, 3.05) is 19.7 Å². The van der Waals surface area contributed by atoms with Crippen LogP contribution in [-0.4, -0.2) is 41.7 Å². The van der Waals surface area contributed by atoms with Gasteiger partial charge >= 0.3 is 0 Å². The van der Waals surface area contributed by atoms with Gasteiger partial charge in [0.25, 0.3) is 0 Å². The van der Waals surface area contributed by atoms with Gasteiger partial charge in [0.05, 0.1) is 6.04 Å². The van der Waals surface area contributed by atoms with E-state index in [1.807, 2.05) is 4.90 Å². The molecule has 4 heteroatoms. The fourth-order valence-electron chi connectivity index (χ4n) is 3.56. The maximum Gasteiger partial charge on any atom is 0.239 e. The zero-order valence-corrected chi connectivity index (χ0v) is 10.7. The van der Waals surface area contributed by atoms with Crippen LogP contribution >= 0.6 is 0 Å². The monoisotopic (exact) mass is 240 g/mol. The Bertz CT molecular complexity index is 285. The zero-order valence-electron chi connectivity index (χ0n) is 10.7. The molecule has 1 amide bonds. The number of nitrogens with zero attached hydrogens (tertiary/aromatic N) is 1. The molecule has 1 saturated heterocycles. The highest BCUT2D eigenvalue weighted by molar-refractivity contribution is 5.81. The summed E-state index contributed by atoms with van der Waals surface area (Å²) in [7, 11) is 0. The van der Waals surface area contributed by atoms with E-state index in [9.17, 15) is 9.90 Å². The molecule has 0 unspecified atom stereocenters. The molecule has 0 bridgehead atoms. The summed E-state index contributed by atoms with van der Waals surface area (Å²) < 4.78 is 0. The van der Waals surface area contributed by atoms with Crippen molar-refractivity contribution in [2.24, 2.45) is 17.1 Å². The summed E-state index contributed by atoms with van der Waals surface area (Å²) in [4.78, 5) is 13.8. The second kappa shape index (κ2) is 4.94. The Kier molecular flexibility index (Phi) is 3.73. The normalized spacial score (nSPS) is 29.6. The fourth-order valence-corrected chi connectivity index (χ4v) is 3.56. The average molecular weight is 240 g/mol. The van der Waals surface area contributed by atoms with E-state index in [0.717, 1.165) is 19.4 Å². The second-order valence-electron chi connectivity index (χ2n) is 5.81. The Morgan fingerprint density at radius 1 is 1.47 bits per heavy atom. The highest BCUT2D eigenvalue weighted by Gasteiger charge is 2.47. The van der Waals surface area contributed by atoms with Crippen LogP contribution in [0.2, 0.25) is 0 Å². The van der Waals surface area contributed by atoms with E-state index < -0.39 is 6.04 Å². The van der Waals surface area contributed by atoms with Gasteiger partial charge in [-0.2, -0.15) is 0 Å². The summed E-state index contributed by atoms with van der Waals surface area (Å²) in [5.41, 5.74) is 5.85. The largest absolute Gasteiger partial charge is 0.396 e. The van der Waals surface area contributed by atoms with Crippen LogP contribution in [0.25, 0.3) is 0 Å². The van der Waals surface area contributed by atoms with Crippen molar-refractivity contribution in [3.05, 3.63) is 0 Å². The number of carbonyl (C=O) groups is 1. The van der Waals surface area contributed by atoms with Gasteiger partial charge in [0, 0.05) is 25.6 Å². The molecule has 2 rings (SSSR count). The Hall–Kier alpha value is -0.610. The van der Waals surface area contributed by atoms with Gasteiger partial charge in [0.15, 0.2) is 0 Å². The minimum Gasteiger partial charge on any atom is -0.396 e. The number of hydrogen-bond acceptors (Lipinski definition) is 3. The first-order chi connectivity index (χ1) is 8.09. The molecule has 17 heavy (non-hydrogen) atoms. The number of carbonyl (C=O) groups excluding carboxylic acids is 1.